The van der Waals surface area contributed by atoms with E-state index in [4.69, 9.17) is 0 Å². The molecule has 0 aliphatic rings. The van der Waals surface area contributed by atoms with Crippen LogP contribution in [0.15, 0.2) is 45.3 Å². The fraction of sp³-hybridized carbons (Fsp3) is 0.188. The van der Waals surface area contributed by atoms with Crippen molar-refractivity contribution in [3.8, 4) is 0 Å². The van der Waals surface area contributed by atoms with E-state index in [1.165, 1.54) is 0 Å². The van der Waals surface area contributed by atoms with Gasteiger partial charge in [-0.1, -0.05) is 22.0 Å². The van der Waals surface area contributed by atoms with Gasteiger partial charge in [-0.25, -0.2) is 0 Å². The number of hydrogen-bond donors (Lipinski definition) is 1. The first-order valence-electron chi connectivity index (χ1n) is 6.43. The Morgan fingerprint density at radius 3 is 2.43 bits per heavy atom. The quantitative estimate of drug-likeness (QED) is 0.783. The van der Waals surface area contributed by atoms with Gasteiger partial charge in [-0.2, -0.15) is 0 Å². The largest absolute Gasteiger partial charge is 0.376 e. The van der Waals surface area contributed by atoms with Crippen molar-refractivity contribution in [2.45, 2.75) is 6.92 Å². The van der Waals surface area contributed by atoms with Crippen LogP contribution in [0.2, 0.25) is 0 Å². The summed E-state index contributed by atoms with van der Waals surface area (Å²) in [6, 6.07) is 11.5. The average Bonchev–Trinajstić information content (AvgIpc) is 2.37. The molecule has 21 heavy (non-hydrogen) atoms. The van der Waals surface area contributed by atoms with E-state index < -0.39 is 0 Å². The summed E-state index contributed by atoms with van der Waals surface area (Å²) in [5, 5.41) is 2.97. The van der Waals surface area contributed by atoms with E-state index in [0.717, 1.165) is 25.9 Å². The number of nitrogens with one attached hydrogen (secondary N) is 1. The van der Waals surface area contributed by atoms with Crippen LogP contribution in [0.1, 0.15) is 15.9 Å². The number of carbonyl (C=O) groups is 1. The molecule has 0 radical (unpaired) electrons. The molecule has 0 aliphatic heterocycles. The SMILES string of the molecule is Cc1ccc(C(=O)Nc2cc(Br)ccc2N(C)C)c(Br)c1. The fourth-order valence-electron chi connectivity index (χ4n) is 1.99. The molecule has 3 nitrogen and oxygen atoms in total. The summed E-state index contributed by atoms with van der Waals surface area (Å²) in [7, 11) is 3.89. The molecule has 0 unspecified atom stereocenters. The standard InChI is InChI=1S/C16H16Br2N2O/c1-10-4-6-12(13(18)8-10)16(21)19-14-9-11(17)5-7-15(14)20(2)3/h4-9H,1-3H3,(H,19,21). The number of halogens is 2. The highest BCUT2D eigenvalue weighted by molar-refractivity contribution is 9.10. The maximum Gasteiger partial charge on any atom is 0.256 e. The molecule has 0 saturated carbocycles. The molecule has 0 aliphatic carbocycles. The molecule has 5 heteroatoms. The Hall–Kier alpha value is -1.33. The van der Waals surface area contributed by atoms with Crippen molar-refractivity contribution < 1.29 is 4.79 Å². The Kier molecular flexibility index (Phi) is 5.06. The Labute approximate surface area is 141 Å². The molecule has 0 bridgehead atoms. The van der Waals surface area contributed by atoms with Gasteiger partial charge in [0.2, 0.25) is 0 Å². The number of aryl methyl sites for hydroxylation is 1. The van der Waals surface area contributed by atoms with E-state index in [-0.39, 0.29) is 5.91 Å². The molecular weight excluding hydrogens is 396 g/mol. The molecule has 2 rings (SSSR count). The van der Waals surface area contributed by atoms with Gasteiger partial charge in [0.25, 0.3) is 5.91 Å². The second-order valence-electron chi connectivity index (χ2n) is 4.99. The van der Waals surface area contributed by atoms with E-state index in [1.807, 2.05) is 62.3 Å². The molecule has 1 amide bonds. The van der Waals surface area contributed by atoms with Gasteiger partial charge < -0.3 is 10.2 Å². The summed E-state index contributed by atoms with van der Waals surface area (Å²) < 4.78 is 1.72. The van der Waals surface area contributed by atoms with E-state index in [1.54, 1.807) is 0 Å². The zero-order chi connectivity index (χ0) is 15.6. The molecule has 1 N–H and O–H groups in total. The maximum absolute atomic E-state index is 12.5. The van der Waals surface area contributed by atoms with Gasteiger partial charge in [-0.05, 0) is 58.7 Å². The smallest absolute Gasteiger partial charge is 0.256 e. The number of benzene rings is 2. The molecule has 0 fully saturated rings. The highest BCUT2D eigenvalue weighted by atomic mass is 79.9. The zero-order valence-corrected chi connectivity index (χ0v) is 15.2. The summed E-state index contributed by atoms with van der Waals surface area (Å²) in [6.07, 6.45) is 0. The van der Waals surface area contributed by atoms with Crippen LogP contribution < -0.4 is 10.2 Å². The first-order valence-corrected chi connectivity index (χ1v) is 8.01. The molecular formula is C16H16Br2N2O. The molecule has 0 spiro atoms. The van der Waals surface area contributed by atoms with Crippen molar-refractivity contribution in [2.75, 3.05) is 24.3 Å². The van der Waals surface area contributed by atoms with Crippen molar-refractivity contribution in [1.29, 1.82) is 0 Å². The summed E-state index contributed by atoms with van der Waals surface area (Å²) in [5.41, 5.74) is 3.45. The van der Waals surface area contributed by atoms with Crippen molar-refractivity contribution in [2.24, 2.45) is 0 Å². The second-order valence-corrected chi connectivity index (χ2v) is 6.76. The van der Waals surface area contributed by atoms with Crippen LogP contribution in [0.25, 0.3) is 0 Å². The number of nitrogens with zero attached hydrogens (tertiary/aromatic N) is 1. The first-order chi connectivity index (χ1) is 9.88. The minimum Gasteiger partial charge on any atom is -0.376 e. The third-order valence-corrected chi connectivity index (χ3v) is 4.21. The molecule has 0 aromatic heterocycles. The predicted molar refractivity (Wildman–Crippen MR) is 95.3 cm³/mol. The van der Waals surface area contributed by atoms with Crippen molar-refractivity contribution >= 4 is 49.1 Å². The summed E-state index contributed by atoms with van der Waals surface area (Å²) in [6.45, 7) is 1.99. The first kappa shape index (κ1) is 16.0. The average molecular weight is 412 g/mol. The lowest BCUT2D eigenvalue weighted by Crippen LogP contribution is -2.17. The van der Waals surface area contributed by atoms with E-state index >= 15 is 0 Å². The third-order valence-electron chi connectivity index (χ3n) is 3.06. The third kappa shape index (κ3) is 3.86. The molecule has 2 aromatic rings. The molecule has 110 valence electrons. The van der Waals surface area contributed by atoms with Crippen molar-refractivity contribution in [3.05, 3.63) is 56.5 Å². The van der Waals surface area contributed by atoms with Crippen LogP contribution in [0.5, 0.6) is 0 Å². The maximum atomic E-state index is 12.5. The summed E-state index contributed by atoms with van der Waals surface area (Å²) in [4.78, 5) is 14.4. The van der Waals surface area contributed by atoms with Crippen LogP contribution in [0.3, 0.4) is 0 Å². The lowest BCUT2D eigenvalue weighted by molar-refractivity contribution is 0.102. The number of anilines is 2. The lowest BCUT2D eigenvalue weighted by Gasteiger charge is -2.18. The van der Waals surface area contributed by atoms with Gasteiger partial charge >= 0.3 is 0 Å². The van der Waals surface area contributed by atoms with Crippen molar-refractivity contribution in [1.82, 2.24) is 0 Å². The number of carbonyl (C=O) groups excluding carboxylic acids is 1. The Bertz CT molecular complexity index is 684. The fourth-order valence-corrected chi connectivity index (χ4v) is 3.03. The van der Waals surface area contributed by atoms with Crippen LogP contribution in [0, 0.1) is 6.92 Å². The van der Waals surface area contributed by atoms with Crippen LogP contribution >= 0.6 is 31.9 Å². The topological polar surface area (TPSA) is 32.3 Å². The second kappa shape index (κ2) is 6.62. The Balaban J connectivity index is 2.33. The normalized spacial score (nSPS) is 10.3. The van der Waals surface area contributed by atoms with E-state index in [0.29, 0.717) is 5.56 Å². The Morgan fingerprint density at radius 1 is 1.10 bits per heavy atom. The van der Waals surface area contributed by atoms with Gasteiger partial charge in [0.05, 0.1) is 16.9 Å². The van der Waals surface area contributed by atoms with E-state index in [9.17, 15) is 4.79 Å². The minimum absolute atomic E-state index is 0.136. The van der Waals surface area contributed by atoms with Gasteiger partial charge in [-0.15, -0.1) is 0 Å². The van der Waals surface area contributed by atoms with Gasteiger partial charge in [0.1, 0.15) is 0 Å². The predicted octanol–water partition coefficient (Wildman–Crippen LogP) is 4.84. The lowest BCUT2D eigenvalue weighted by atomic mass is 10.1. The molecule has 0 heterocycles. The Morgan fingerprint density at radius 2 is 1.81 bits per heavy atom. The number of hydrogen-bond acceptors (Lipinski definition) is 2. The highest BCUT2D eigenvalue weighted by Crippen LogP contribution is 2.29. The van der Waals surface area contributed by atoms with Crippen LogP contribution in [-0.2, 0) is 0 Å². The molecule has 0 saturated heterocycles. The molecule has 2 aromatic carbocycles. The number of amides is 1. The highest BCUT2D eigenvalue weighted by Gasteiger charge is 2.13. The van der Waals surface area contributed by atoms with Gasteiger partial charge in [-0.3, -0.25) is 4.79 Å². The van der Waals surface area contributed by atoms with Gasteiger partial charge in [0.15, 0.2) is 0 Å². The summed E-state index contributed by atoms with van der Waals surface area (Å²) >= 11 is 6.88. The van der Waals surface area contributed by atoms with Crippen LogP contribution in [0.4, 0.5) is 11.4 Å². The van der Waals surface area contributed by atoms with E-state index in [2.05, 4.69) is 37.2 Å². The van der Waals surface area contributed by atoms with Crippen LogP contribution in [-0.4, -0.2) is 20.0 Å². The minimum atomic E-state index is -0.136. The monoisotopic (exact) mass is 410 g/mol. The summed E-state index contributed by atoms with van der Waals surface area (Å²) in [5.74, 6) is -0.136. The number of rotatable bonds is 3. The van der Waals surface area contributed by atoms with Gasteiger partial charge in [0, 0.05) is 23.0 Å². The van der Waals surface area contributed by atoms with Crippen molar-refractivity contribution in [3.63, 3.8) is 0 Å². The zero-order valence-electron chi connectivity index (χ0n) is 12.1. The molecule has 0 atom stereocenters.